The van der Waals surface area contributed by atoms with Crippen molar-refractivity contribution < 1.29 is 9.59 Å². The molecular weight excluding hydrogens is 224 g/mol. The van der Waals surface area contributed by atoms with Crippen LogP contribution in [-0.2, 0) is 9.59 Å². The van der Waals surface area contributed by atoms with Crippen molar-refractivity contribution in [2.75, 3.05) is 0 Å². The Balaban J connectivity index is 5.29. The molecule has 0 aromatic heterocycles. The number of hydrogen-bond acceptors (Lipinski definition) is 3. The van der Waals surface area contributed by atoms with Crippen molar-refractivity contribution in [2.24, 2.45) is 16.6 Å². The van der Waals surface area contributed by atoms with Crippen LogP contribution in [0.4, 0.5) is 0 Å². The van der Waals surface area contributed by atoms with Gasteiger partial charge in [-0.05, 0) is 12.2 Å². The SMILES string of the molecule is CC(C)(C)C(=O)N(C(=O)C(C)(C)C)C(N)=S. The van der Waals surface area contributed by atoms with Gasteiger partial charge in [0.1, 0.15) is 0 Å². The lowest BCUT2D eigenvalue weighted by atomic mass is 9.91. The smallest absolute Gasteiger partial charge is 0.240 e. The average Bonchev–Trinajstić information content (AvgIpc) is 1.99. The van der Waals surface area contributed by atoms with Gasteiger partial charge in [-0.3, -0.25) is 9.59 Å². The molecule has 0 bridgehead atoms. The Morgan fingerprint density at radius 3 is 1.31 bits per heavy atom. The molecule has 0 unspecified atom stereocenters. The van der Waals surface area contributed by atoms with Crippen molar-refractivity contribution in [1.29, 1.82) is 0 Å². The lowest BCUT2D eigenvalue weighted by Gasteiger charge is -2.31. The molecule has 16 heavy (non-hydrogen) atoms. The normalized spacial score (nSPS) is 12.1. The Kier molecular flexibility index (Phi) is 4.22. The number of nitrogens with two attached hydrogens (primary N) is 1. The van der Waals surface area contributed by atoms with E-state index < -0.39 is 10.8 Å². The fourth-order valence-electron chi connectivity index (χ4n) is 0.963. The van der Waals surface area contributed by atoms with Gasteiger partial charge < -0.3 is 5.73 Å². The van der Waals surface area contributed by atoms with Crippen molar-refractivity contribution in [2.45, 2.75) is 41.5 Å². The quantitative estimate of drug-likeness (QED) is 0.658. The highest BCUT2D eigenvalue weighted by Gasteiger charge is 2.38. The van der Waals surface area contributed by atoms with Crippen LogP contribution >= 0.6 is 12.2 Å². The van der Waals surface area contributed by atoms with E-state index in [4.69, 9.17) is 18.0 Å². The van der Waals surface area contributed by atoms with Gasteiger partial charge in [0, 0.05) is 10.8 Å². The topological polar surface area (TPSA) is 63.4 Å². The first-order valence-corrected chi connectivity index (χ1v) is 5.48. The van der Waals surface area contributed by atoms with Gasteiger partial charge in [-0.1, -0.05) is 41.5 Å². The molecule has 5 heteroatoms. The molecule has 0 atom stereocenters. The maximum absolute atomic E-state index is 12.0. The van der Waals surface area contributed by atoms with Crippen LogP contribution in [-0.4, -0.2) is 21.8 Å². The van der Waals surface area contributed by atoms with Crippen molar-refractivity contribution >= 4 is 29.1 Å². The van der Waals surface area contributed by atoms with Crippen molar-refractivity contribution in [3.05, 3.63) is 0 Å². The number of thiocarbonyl (C=S) groups is 1. The molecule has 0 aliphatic heterocycles. The van der Waals surface area contributed by atoms with Crippen LogP contribution in [0, 0.1) is 10.8 Å². The third kappa shape index (κ3) is 3.56. The van der Waals surface area contributed by atoms with Crippen LogP contribution in [0.15, 0.2) is 0 Å². The molecule has 0 aliphatic rings. The van der Waals surface area contributed by atoms with Gasteiger partial charge in [0.15, 0.2) is 5.11 Å². The molecule has 2 amide bonds. The van der Waals surface area contributed by atoms with E-state index in [0.717, 1.165) is 4.90 Å². The maximum Gasteiger partial charge on any atom is 0.240 e. The second-order valence-corrected chi connectivity index (χ2v) is 6.20. The van der Waals surface area contributed by atoms with Gasteiger partial charge in [0.2, 0.25) is 11.8 Å². The number of nitrogens with zero attached hydrogens (tertiary/aromatic N) is 1. The third-order valence-corrected chi connectivity index (χ3v) is 2.09. The summed E-state index contributed by atoms with van der Waals surface area (Å²) in [5.74, 6) is -0.750. The van der Waals surface area contributed by atoms with Crippen LogP contribution in [0.3, 0.4) is 0 Å². The number of amides is 2. The molecule has 0 aliphatic carbocycles. The van der Waals surface area contributed by atoms with E-state index in [9.17, 15) is 9.59 Å². The Morgan fingerprint density at radius 1 is 0.938 bits per heavy atom. The molecule has 2 N–H and O–H groups in total. The minimum absolute atomic E-state index is 0.195. The average molecular weight is 244 g/mol. The highest BCUT2D eigenvalue weighted by atomic mass is 32.1. The minimum Gasteiger partial charge on any atom is -0.375 e. The summed E-state index contributed by atoms with van der Waals surface area (Å²) < 4.78 is 0. The highest BCUT2D eigenvalue weighted by molar-refractivity contribution is 7.80. The molecular formula is C11H20N2O2S. The molecule has 0 heterocycles. The van der Waals surface area contributed by atoms with Crippen LogP contribution in [0.1, 0.15) is 41.5 Å². The van der Waals surface area contributed by atoms with E-state index in [1.807, 2.05) is 0 Å². The summed E-state index contributed by atoms with van der Waals surface area (Å²) in [6.07, 6.45) is 0. The zero-order chi connectivity index (χ0) is 13.3. The third-order valence-electron chi connectivity index (χ3n) is 1.91. The molecule has 4 nitrogen and oxygen atoms in total. The monoisotopic (exact) mass is 244 g/mol. The lowest BCUT2D eigenvalue weighted by Crippen LogP contribution is -2.53. The maximum atomic E-state index is 12.0. The van der Waals surface area contributed by atoms with Gasteiger partial charge >= 0.3 is 0 Å². The van der Waals surface area contributed by atoms with Gasteiger partial charge in [0.25, 0.3) is 0 Å². The van der Waals surface area contributed by atoms with E-state index in [1.54, 1.807) is 41.5 Å². The van der Waals surface area contributed by atoms with Gasteiger partial charge in [-0.25, -0.2) is 4.90 Å². The Hall–Kier alpha value is -0.970. The Labute approximate surface area is 102 Å². The first kappa shape index (κ1) is 15.0. The molecule has 0 aromatic carbocycles. The Bertz CT molecular complexity index is 298. The van der Waals surface area contributed by atoms with Crippen LogP contribution < -0.4 is 5.73 Å². The van der Waals surface area contributed by atoms with Gasteiger partial charge in [-0.15, -0.1) is 0 Å². The van der Waals surface area contributed by atoms with E-state index in [2.05, 4.69) is 0 Å². The fourth-order valence-corrected chi connectivity index (χ4v) is 1.13. The molecule has 92 valence electrons. The molecule has 0 saturated heterocycles. The van der Waals surface area contributed by atoms with Crippen LogP contribution in [0.5, 0.6) is 0 Å². The number of imide groups is 1. The molecule has 0 rings (SSSR count). The minimum atomic E-state index is -0.690. The summed E-state index contributed by atoms with van der Waals surface area (Å²) >= 11 is 4.77. The molecule has 0 fully saturated rings. The Morgan fingerprint density at radius 2 is 1.19 bits per heavy atom. The molecule has 0 aromatic rings. The highest BCUT2D eigenvalue weighted by Crippen LogP contribution is 2.23. The summed E-state index contributed by atoms with van der Waals surface area (Å²) in [5.41, 5.74) is 4.07. The number of rotatable bonds is 0. The summed E-state index contributed by atoms with van der Waals surface area (Å²) in [6, 6.07) is 0. The fraction of sp³-hybridized carbons (Fsp3) is 0.727. The van der Waals surface area contributed by atoms with Crippen molar-refractivity contribution in [1.82, 2.24) is 4.90 Å². The zero-order valence-corrected chi connectivity index (χ0v) is 11.6. The lowest BCUT2D eigenvalue weighted by molar-refractivity contribution is -0.149. The number of carbonyl (C=O) groups excluding carboxylic acids is 2. The number of carbonyl (C=O) groups is 2. The standard InChI is InChI=1S/C11H20N2O2S/c1-10(2,3)7(14)13(9(12)16)8(15)11(4,5)6/h1-6H3,(H2,12,16). The first-order valence-electron chi connectivity index (χ1n) is 5.07. The van der Waals surface area contributed by atoms with E-state index in [0.29, 0.717) is 0 Å². The van der Waals surface area contributed by atoms with Gasteiger partial charge in [-0.2, -0.15) is 0 Å². The second-order valence-electron chi connectivity index (χ2n) is 5.78. The summed E-state index contributed by atoms with van der Waals surface area (Å²) in [6.45, 7) is 10.3. The first-order chi connectivity index (χ1) is 6.89. The molecule has 0 spiro atoms. The van der Waals surface area contributed by atoms with E-state index >= 15 is 0 Å². The predicted molar refractivity (Wildman–Crippen MR) is 67.5 cm³/mol. The predicted octanol–water partition coefficient (Wildman–Crippen LogP) is 1.68. The summed E-state index contributed by atoms with van der Waals surface area (Å²) in [5, 5.41) is -0.195. The zero-order valence-electron chi connectivity index (χ0n) is 10.7. The summed E-state index contributed by atoms with van der Waals surface area (Å²) in [4.78, 5) is 25.0. The van der Waals surface area contributed by atoms with Crippen LogP contribution in [0.2, 0.25) is 0 Å². The van der Waals surface area contributed by atoms with Crippen molar-refractivity contribution in [3.63, 3.8) is 0 Å². The molecule has 0 radical (unpaired) electrons. The second kappa shape index (κ2) is 4.49. The largest absolute Gasteiger partial charge is 0.375 e. The van der Waals surface area contributed by atoms with Crippen LogP contribution in [0.25, 0.3) is 0 Å². The van der Waals surface area contributed by atoms with E-state index in [-0.39, 0.29) is 16.9 Å². The number of hydrogen-bond donors (Lipinski definition) is 1. The summed E-state index contributed by atoms with van der Waals surface area (Å²) in [7, 11) is 0. The molecule has 0 saturated carbocycles. The van der Waals surface area contributed by atoms with Gasteiger partial charge in [0.05, 0.1) is 0 Å². The van der Waals surface area contributed by atoms with E-state index in [1.165, 1.54) is 0 Å². The van der Waals surface area contributed by atoms with Crippen molar-refractivity contribution in [3.8, 4) is 0 Å².